The quantitative estimate of drug-likeness (QED) is 0.708. The first-order valence-corrected chi connectivity index (χ1v) is 9.83. The Kier molecular flexibility index (Phi) is 4.06. The molecule has 4 aliphatic rings. The van der Waals surface area contributed by atoms with Gasteiger partial charge in [0.2, 0.25) is 11.8 Å². The molecule has 1 unspecified atom stereocenters. The third kappa shape index (κ3) is 2.59. The van der Waals surface area contributed by atoms with Crippen LogP contribution in [0.1, 0.15) is 45.5 Å². The minimum absolute atomic E-state index is 0.126. The van der Waals surface area contributed by atoms with Crippen LogP contribution in [-0.2, 0) is 16.1 Å². The molecule has 8 nitrogen and oxygen atoms in total. The van der Waals surface area contributed by atoms with Gasteiger partial charge in [0.25, 0.3) is 11.8 Å². The highest BCUT2D eigenvalue weighted by Crippen LogP contribution is 2.33. The maximum absolute atomic E-state index is 13.2. The molecule has 3 fully saturated rings. The second kappa shape index (κ2) is 6.49. The second-order valence-corrected chi connectivity index (χ2v) is 8.03. The molecule has 146 valence electrons. The number of imide groups is 2. The van der Waals surface area contributed by atoms with Crippen LogP contribution < -0.4 is 10.6 Å². The van der Waals surface area contributed by atoms with Gasteiger partial charge >= 0.3 is 0 Å². The van der Waals surface area contributed by atoms with E-state index in [1.807, 2.05) is 6.07 Å². The number of nitrogens with one attached hydrogen (secondary N) is 2. The largest absolute Gasteiger partial charge is 0.315 e. The van der Waals surface area contributed by atoms with Crippen molar-refractivity contribution in [3.8, 4) is 0 Å². The predicted molar refractivity (Wildman–Crippen MR) is 98.3 cm³/mol. The highest BCUT2D eigenvalue weighted by Gasteiger charge is 2.46. The van der Waals surface area contributed by atoms with Crippen molar-refractivity contribution in [2.45, 2.75) is 37.9 Å². The number of piperidine rings is 1. The highest BCUT2D eigenvalue weighted by molar-refractivity contribution is 6.24. The Morgan fingerprint density at radius 1 is 1.04 bits per heavy atom. The summed E-state index contributed by atoms with van der Waals surface area (Å²) in [6.45, 7) is 3.59. The maximum atomic E-state index is 13.2. The van der Waals surface area contributed by atoms with E-state index in [4.69, 9.17) is 0 Å². The first-order chi connectivity index (χ1) is 13.5. The molecule has 5 rings (SSSR count). The number of likely N-dealkylation sites (tertiary alicyclic amines) is 1. The van der Waals surface area contributed by atoms with Gasteiger partial charge in [0.05, 0.1) is 11.1 Å². The normalized spacial score (nSPS) is 30.0. The Labute approximate surface area is 162 Å². The van der Waals surface area contributed by atoms with Gasteiger partial charge in [-0.15, -0.1) is 0 Å². The fourth-order valence-corrected chi connectivity index (χ4v) is 5.07. The van der Waals surface area contributed by atoms with Crippen LogP contribution in [0.15, 0.2) is 18.2 Å². The molecule has 1 aromatic rings. The monoisotopic (exact) mass is 382 g/mol. The molecular formula is C20H22N4O4. The fraction of sp³-hybridized carbons (Fsp3) is 0.500. The summed E-state index contributed by atoms with van der Waals surface area (Å²) in [5.41, 5.74) is 1.59. The molecule has 3 atom stereocenters. The average molecular weight is 382 g/mol. The second-order valence-electron chi connectivity index (χ2n) is 8.03. The number of fused-ring (bicyclic) bond motifs is 2. The first-order valence-electron chi connectivity index (χ1n) is 9.83. The van der Waals surface area contributed by atoms with Crippen LogP contribution in [0, 0.1) is 5.92 Å². The maximum Gasteiger partial charge on any atom is 0.262 e. The van der Waals surface area contributed by atoms with Crippen molar-refractivity contribution in [1.29, 1.82) is 0 Å². The van der Waals surface area contributed by atoms with Crippen LogP contribution in [0.3, 0.4) is 0 Å². The summed E-state index contributed by atoms with van der Waals surface area (Å²) in [6, 6.07) is 4.89. The van der Waals surface area contributed by atoms with Gasteiger partial charge in [-0.3, -0.25) is 34.3 Å². The van der Waals surface area contributed by atoms with E-state index >= 15 is 0 Å². The Morgan fingerprint density at radius 2 is 1.89 bits per heavy atom. The van der Waals surface area contributed by atoms with E-state index in [0.29, 0.717) is 29.6 Å². The predicted octanol–water partition coefficient (Wildman–Crippen LogP) is -0.118. The van der Waals surface area contributed by atoms with Gasteiger partial charge in [-0.1, -0.05) is 12.1 Å². The van der Waals surface area contributed by atoms with Gasteiger partial charge in [0.15, 0.2) is 0 Å². The van der Waals surface area contributed by atoms with Gasteiger partial charge in [0.1, 0.15) is 6.04 Å². The topological polar surface area (TPSA) is 98.8 Å². The molecule has 2 N–H and O–H groups in total. The van der Waals surface area contributed by atoms with Gasteiger partial charge in [-0.25, -0.2) is 0 Å². The Hall–Kier alpha value is -2.58. The van der Waals surface area contributed by atoms with E-state index in [9.17, 15) is 19.2 Å². The van der Waals surface area contributed by atoms with E-state index in [1.165, 1.54) is 0 Å². The zero-order chi connectivity index (χ0) is 19.4. The Bertz CT molecular complexity index is 898. The summed E-state index contributed by atoms with van der Waals surface area (Å²) < 4.78 is 0. The molecule has 0 radical (unpaired) electrons. The lowest BCUT2D eigenvalue weighted by Gasteiger charge is -2.28. The molecular weight excluding hydrogens is 360 g/mol. The van der Waals surface area contributed by atoms with Gasteiger partial charge in [-0.2, -0.15) is 0 Å². The summed E-state index contributed by atoms with van der Waals surface area (Å²) in [4.78, 5) is 53.2. The lowest BCUT2D eigenvalue weighted by atomic mass is 10.0. The molecule has 3 saturated heterocycles. The summed E-state index contributed by atoms with van der Waals surface area (Å²) >= 11 is 0. The average Bonchev–Trinajstić information content (AvgIpc) is 3.34. The number of rotatable bonds is 3. The Morgan fingerprint density at radius 3 is 2.71 bits per heavy atom. The SMILES string of the molecule is O=C1CCC(N2C(=O)c3cccc(CN4CC[C@H]5CNC[C@H]54)c3C2=O)C(=O)N1. The number of amides is 4. The summed E-state index contributed by atoms with van der Waals surface area (Å²) in [5, 5.41) is 5.66. The number of nitrogens with zero attached hydrogens (tertiary/aromatic N) is 2. The van der Waals surface area contributed by atoms with Crippen molar-refractivity contribution in [3.63, 3.8) is 0 Å². The van der Waals surface area contributed by atoms with Crippen molar-refractivity contribution >= 4 is 23.6 Å². The van der Waals surface area contributed by atoms with Crippen molar-refractivity contribution in [2.75, 3.05) is 19.6 Å². The van der Waals surface area contributed by atoms with Gasteiger partial charge in [-0.05, 0) is 43.5 Å². The fourth-order valence-electron chi connectivity index (χ4n) is 5.07. The Balaban J connectivity index is 1.43. The van der Waals surface area contributed by atoms with Crippen molar-refractivity contribution in [2.24, 2.45) is 5.92 Å². The van der Waals surface area contributed by atoms with E-state index in [-0.39, 0.29) is 18.7 Å². The van der Waals surface area contributed by atoms with Gasteiger partial charge < -0.3 is 5.32 Å². The third-order valence-corrected chi connectivity index (χ3v) is 6.49. The van der Waals surface area contributed by atoms with Crippen LogP contribution >= 0.6 is 0 Å². The highest BCUT2D eigenvalue weighted by atomic mass is 16.2. The van der Waals surface area contributed by atoms with E-state index in [0.717, 1.165) is 36.5 Å². The third-order valence-electron chi connectivity index (χ3n) is 6.49. The summed E-state index contributed by atoms with van der Waals surface area (Å²) in [5.74, 6) is -1.17. The molecule has 4 amide bonds. The van der Waals surface area contributed by atoms with Gasteiger partial charge in [0, 0.05) is 25.6 Å². The van der Waals surface area contributed by atoms with Crippen LogP contribution in [0.2, 0.25) is 0 Å². The molecule has 0 aromatic heterocycles. The lowest BCUT2D eigenvalue weighted by molar-refractivity contribution is -0.136. The van der Waals surface area contributed by atoms with Crippen LogP contribution in [0.5, 0.6) is 0 Å². The number of benzene rings is 1. The number of hydrogen-bond acceptors (Lipinski definition) is 6. The smallest absolute Gasteiger partial charge is 0.262 e. The van der Waals surface area contributed by atoms with Crippen LogP contribution in [-0.4, -0.2) is 65.1 Å². The van der Waals surface area contributed by atoms with E-state index in [2.05, 4.69) is 15.5 Å². The van der Waals surface area contributed by atoms with Crippen molar-refractivity contribution in [1.82, 2.24) is 20.4 Å². The molecule has 0 aliphatic carbocycles. The molecule has 8 heteroatoms. The number of hydrogen-bond donors (Lipinski definition) is 2. The molecule has 0 saturated carbocycles. The lowest BCUT2D eigenvalue weighted by Crippen LogP contribution is -2.54. The van der Waals surface area contributed by atoms with Crippen LogP contribution in [0.4, 0.5) is 0 Å². The van der Waals surface area contributed by atoms with Crippen molar-refractivity contribution < 1.29 is 19.2 Å². The molecule has 1 aromatic carbocycles. The van der Waals surface area contributed by atoms with Crippen molar-refractivity contribution in [3.05, 3.63) is 34.9 Å². The zero-order valence-corrected chi connectivity index (χ0v) is 15.4. The molecule has 0 bridgehead atoms. The zero-order valence-electron chi connectivity index (χ0n) is 15.4. The summed E-state index contributed by atoms with van der Waals surface area (Å²) in [6.07, 6.45) is 1.44. The first kappa shape index (κ1) is 17.5. The van der Waals surface area contributed by atoms with E-state index < -0.39 is 23.8 Å². The molecule has 0 spiro atoms. The number of carbonyl (C=O) groups is 4. The van der Waals surface area contributed by atoms with E-state index in [1.54, 1.807) is 12.1 Å². The number of carbonyl (C=O) groups excluding carboxylic acids is 4. The minimum atomic E-state index is -0.923. The molecule has 4 aliphatic heterocycles. The van der Waals surface area contributed by atoms with Crippen LogP contribution in [0.25, 0.3) is 0 Å². The minimum Gasteiger partial charge on any atom is -0.315 e. The summed E-state index contributed by atoms with van der Waals surface area (Å²) in [7, 11) is 0. The molecule has 28 heavy (non-hydrogen) atoms. The standard InChI is InChI=1S/C20H22N4O4/c25-16-5-4-14(18(26)22-16)24-19(27)13-3-1-2-12(17(13)20(24)28)10-23-7-6-11-8-21-9-15(11)23/h1-3,11,14-15,21H,4-10H2,(H,22,25,26)/t11-,14?,15+/m0/s1. The molecule has 4 heterocycles.